The highest BCUT2D eigenvalue weighted by atomic mass is 15.1. The van der Waals surface area contributed by atoms with E-state index < -0.39 is 0 Å². The fraction of sp³-hybridized carbons (Fsp3) is 0.727. The summed E-state index contributed by atoms with van der Waals surface area (Å²) in [4.78, 5) is 4.65. The molecule has 1 fully saturated rings. The Morgan fingerprint density at radius 2 is 1.85 bits per heavy atom. The largest absolute Gasteiger partial charge is 0.335 e. The minimum Gasteiger partial charge on any atom is -0.335 e. The van der Waals surface area contributed by atoms with Crippen LogP contribution in [0.1, 0.15) is 48.8 Å². The molecule has 72 valence electrons. The van der Waals surface area contributed by atoms with Gasteiger partial charge in [-0.2, -0.15) is 0 Å². The normalized spacial score (nSPS) is 18.4. The van der Waals surface area contributed by atoms with Gasteiger partial charge < -0.3 is 4.57 Å². The van der Waals surface area contributed by atoms with E-state index >= 15 is 0 Å². The smallest absolute Gasteiger partial charge is 0.105 e. The van der Waals surface area contributed by atoms with E-state index in [-0.39, 0.29) is 0 Å². The van der Waals surface area contributed by atoms with E-state index in [4.69, 9.17) is 0 Å². The van der Waals surface area contributed by atoms with E-state index in [2.05, 4.69) is 30.4 Å². The summed E-state index contributed by atoms with van der Waals surface area (Å²) in [6.45, 7) is 4.28. The number of rotatable bonds is 1. The van der Waals surface area contributed by atoms with Gasteiger partial charge in [0.25, 0.3) is 0 Å². The first kappa shape index (κ1) is 8.79. The molecule has 0 aliphatic heterocycles. The summed E-state index contributed by atoms with van der Waals surface area (Å²) in [5.41, 5.74) is 2.72. The Hall–Kier alpha value is -0.790. The Bertz CT molecular complexity index is 306. The molecule has 0 unspecified atom stereocenters. The summed E-state index contributed by atoms with van der Waals surface area (Å²) in [6.07, 6.45) is 5.47. The zero-order valence-electron chi connectivity index (χ0n) is 8.80. The lowest BCUT2D eigenvalue weighted by Gasteiger charge is -2.06. The van der Waals surface area contributed by atoms with Gasteiger partial charge in [0, 0.05) is 18.7 Å². The number of hydrogen-bond donors (Lipinski definition) is 0. The number of nitrogens with zero attached hydrogens (tertiary/aromatic N) is 2. The lowest BCUT2D eigenvalue weighted by Crippen LogP contribution is -1.97. The molecule has 1 aliphatic carbocycles. The van der Waals surface area contributed by atoms with Gasteiger partial charge in [-0.25, -0.2) is 4.98 Å². The average Bonchev–Trinajstić information content (AvgIpc) is 2.70. The van der Waals surface area contributed by atoms with Crippen LogP contribution in [0.2, 0.25) is 0 Å². The monoisotopic (exact) mass is 178 g/mol. The second kappa shape index (κ2) is 3.17. The van der Waals surface area contributed by atoms with Crippen LogP contribution in [0.25, 0.3) is 0 Å². The van der Waals surface area contributed by atoms with Crippen LogP contribution in [-0.2, 0) is 7.05 Å². The van der Waals surface area contributed by atoms with Crippen molar-refractivity contribution in [3.63, 3.8) is 0 Å². The van der Waals surface area contributed by atoms with E-state index in [1.165, 1.54) is 37.1 Å². The Labute approximate surface area is 80.0 Å². The predicted molar refractivity (Wildman–Crippen MR) is 53.9 cm³/mol. The van der Waals surface area contributed by atoms with Gasteiger partial charge in [-0.3, -0.25) is 0 Å². The van der Waals surface area contributed by atoms with Crippen LogP contribution < -0.4 is 0 Å². The predicted octanol–water partition coefficient (Wildman–Crippen LogP) is 2.69. The van der Waals surface area contributed by atoms with Crippen molar-refractivity contribution in [3.8, 4) is 0 Å². The van der Waals surface area contributed by atoms with Gasteiger partial charge in [0.05, 0.1) is 5.69 Å². The van der Waals surface area contributed by atoms with Gasteiger partial charge >= 0.3 is 0 Å². The number of hydrogen-bond acceptors (Lipinski definition) is 1. The van der Waals surface area contributed by atoms with Gasteiger partial charge in [-0.1, -0.05) is 12.8 Å². The second-order valence-electron chi connectivity index (χ2n) is 4.17. The summed E-state index contributed by atoms with van der Waals surface area (Å²) in [6, 6.07) is 0. The molecule has 0 spiro atoms. The van der Waals surface area contributed by atoms with E-state index in [0.717, 1.165) is 11.7 Å². The quantitative estimate of drug-likeness (QED) is 0.646. The van der Waals surface area contributed by atoms with Gasteiger partial charge in [0.1, 0.15) is 5.82 Å². The zero-order valence-corrected chi connectivity index (χ0v) is 8.80. The van der Waals surface area contributed by atoms with Crippen molar-refractivity contribution in [3.05, 3.63) is 17.2 Å². The fourth-order valence-corrected chi connectivity index (χ4v) is 2.33. The molecule has 1 aromatic rings. The highest BCUT2D eigenvalue weighted by Crippen LogP contribution is 2.34. The van der Waals surface area contributed by atoms with E-state index in [0.29, 0.717) is 0 Å². The van der Waals surface area contributed by atoms with Crippen LogP contribution in [0.15, 0.2) is 0 Å². The molecule has 0 atom stereocenters. The third-order valence-corrected chi connectivity index (χ3v) is 3.38. The van der Waals surface area contributed by atoms with Crippen LogP contribution in [0.3, 0.4) is 0 Å². The van der Waals surface area contributed by atoms with Crippen LogP contribution in [0.5, 0.6) is 0 Å². The zero-order chi connectivity index (χ0) is 9.42. The molecular formula is C11H18N2. The first-order valence-electron chi connectivity index (χ1n) is 5.20. The molecule has 2 heteroatoms. The van der Waals surface area contributed by atoms with Crippen molar-refractivity contribution in [1.29, 1.82) is 0 Å². The van der Waals surface area contributed by atoms with Crippen molar-refractivity contribution in [2.45, 2.75) is 45.4 Å². The van der Waals surface area contributed by atoms with E-state index in [9.17, 15) is 0 Å². The van der Waals surface area contributed by atoms with Crippen molar-refractivity contribution >= 4 is 0 Å². The Morgan fingerprint density at radius 3 is 2.31 bits per heavy atom. The van der Waals surface area contributed by atoms with Crippen molar-refractivity contribution < 1.29 is 0 Å². The maximum absolute atomic E-state index is 4.65. The minimum absolute atomic E-state index is 0.750. The maximum atomic E-state index is 4.65. The van der Waals surface area contributed by atoms with Crippen LogP contribution in [0.4, 0.5) is 0 Å². The second-order valence-corrected chi connectivity index (χ2v) is 4.17. The third kappa shape index (κ3) is 1.38. The van der Waals surface area contributed by atoms with E-state index in [1.807, 2.05) is 0 Å². The fourth-order valence-electron chi connectivity index (χ4n) is 2.33. The van der Waals surface area contributed by atoms with Crippen molar-refractivity contribution in [2.75, 3.05) is 0 Å². The molecular weight excluding hydrogens is 160 g/mol. The summed E-state index contributed by atoms with van der Waals surface area (Å²) in [7, 11) is 2.11. The van der Waals surface area contributed by atoms with Gasteiger partial charge in [-0.05, 0) is 26.7 Å². The van der Waals surface area contributed by atoms with Crippen molar-refractivity contribution in [2.24, 2.45) is 7.05 Å². The minimum atomic E-state index is 0.750. The number of imidazole rings is 1. The molecule has 13 heavy (non-hydrogen) atoms. The Balaban J connectivity index is 2.34. The molecule has 0 aromatic carbocycles. The number of aromatic nitrogens is 2. The standard InChI is InChI=1S/C11H18N2/c1-8-11(10-6-4-5-7-10)12-9(2)13(8)3/h10H,4-7H2,1-3H3. The van der Waals surface area contributed by atoms with Gasteiger partial charge in [0.2, 0.25) is 0 Å². The Morgan fingerprint density at radius 1 is 1.23 bits per heavy atom. The maximum Gasteiger partial charge on any atom is 0.105 e. The summed E-state index contributed by atoms with van der Waals surface area (Å²) < 4.78 is 2.20. The average molecular weight is 178 g/mol. The van der Waals surface area contributed by atoms with Crippen molar-refractivity contribution in [1.82, 2.24) is 9.55 Å². The molecule has 1 saturated carbocycles. The molecule has 2 rings (SSSR count). The summed E-state index contributed by atoms with van der Waals surface area (Å²) in [5.74, 6) is 1.90. The molecule has 0 saturated heterocycles. The van der Waals surface area contributed by atoms with Crippen LogP contribution >= 0.6 is 0 Å². The Kier molecular flexibility index (Phi) is 2.14. The summed E-state index contributed by atoms with van der Waals surface area (Å²) >= 11 is 0. The summed E-state index contributed by atoms with van der Waals surface area (Å²) in [5, 5.41) is 0. The molecule has 2 nitrogen and oxygen atoms in total. The third-order valence-electron chi connectivity index (χ3n) is 3.38. The molecule has 0 bridgehead atoms. The van der Waals surface area contributed by atoms with E-state index in [1.54, 1.807) is 0 Å². The number of aryl methyl sites for hydroxylation is 1. The molecule has 1 aromatic heterocycles. The molecule has 0 radical (unpaired) electrons. The highest BCUT2D eigenvalue weighted by Gasteiger charge is 2.22. The lowest BCUT2D eigenvalue weighted by atomic mass is 10.0. The lowest BCUT2D eigenvalue weighted by molar-refractivity contribution is 0.693. The molecule has 0 N–H and O–H groups in total. The topological polar surface area (TPSA) is 17.8 Å². The molecule has 1 heterocycles. The SMILES string of the molecule is Cc1nc(C2CCCC2)c(C)n1C. The van der Waals surface area contributed by atoms with Crippen LogP contribution in [0, 0.1) is 13.8 Å². The highest BCUT2D eigenvalue weighted by molar-refractivity contribution is 5.20. The first-order chi connectivity index (χ1) is 6.20. The molecule has 0 amide bonds. The molecule has 1 aliphatic rings. The first-order valence-corrected chi connectivity index (χ1v) is 5.20. The van der Waals surface area contributed by atoms with Gasteiger partial charge in [0.15, 0.2) is 0 Å². The van der Waals surface area contributed by atoms with Gasteiger partial charge in [-0.15, -0.1) is 0 Å². The van der Waals surface area contributed by atoms with Crippen LogP contribution in [-0.4, -0.2) is 9.55 Å².